The lowest BCUT2D eigenvalue weighted by atomic mass is 10.0. The molecule has 5 rings (SSSR count). The van der Waals surface area contributed by atoms with Gasteiger partial charge in [0.15, 0.2) is 0 Å². The second-order valence-electron chi connectivity index (χ2n) is 8.62. The highest BCUT2D eigenvalue weighted by Gasteiger charge is 2.21. The molecule has 0 atom stereocenters. The lowest BCUT2D eigenvalue weighted by molar-refractivity contribution is 0.0785. The van der Waals surface area contributed by atoms with Crippen molar-refractivity contribution in [3.05, 3.63) is 88.9 Å². The zero-order valence-corrected chi connectivity index (χ0v) is 19.5. The lowest BCUT2D eigenvalue weighted by Gasteiger charge is -2.20. The van der Waals surface area contributed by atoms with Crippen molar-refractivity contribution in [1.82, 2.24) is 14.9 Å². The van der Waals surface area contributed by atoms with E-state index in [0.717, 1.165) is 34.5 Å². The monoisotopic (exact) mass is 467 g/mol. The molecule has 0 spiro atoms. The lowest BCUT2D eigenvalue weighted by Crippen LogP contribution is -2.26. The molecule has 0 fully saturated rings. The van der Waals surface area contributed by atoms with Gasteiger partial charge in [0.05, 0.1) is 23.4 Å². The van der Waals surface area contributed by atoms with Crippen LogP contribution in [0.4, 0.5) is 11.4 Å². The molecule has 1 aliphatic rings. The van der Waals surface area contributed by atoms with Crippen LogP contribution < -0.4 is 15.8 Å². The van der Waals surface area contributed by atoms with Gasteiger partial charge in [0.1, 0.15) is 5.75 Å². The van der Waals surface area contributed by atoms with Crippen LogP contribution >= 0.6 is 0 Å². The number of hydrogen-bond acceptors (Lipinski definition) is 6. The first-order valence-corrected chi connectivity index (χ1v) is 11.3. The average molecular weight is 468 g/mol. The normalized spacial score (nSPS) is 12.2. The van der Waals surface area contributed by atoms with E-state index in [0.29, 0.717) is 35.3 Å². The standard InChI is InChI=1S/C27H25N5O3/c1-16-12-18(27(34)32(2)15-17-6-9-29-10-7-17)13-20-24(16)30-14-21(26(28)33)25(20)31-22-4-3-5-23-19(22)8-11-35-23/h3-7,9-10,12-14H,8,11,15H2,1-2H3,(H2,28,33)(H,30,31). The van der Waals surface area contributed by atoms with Crippen LogP contribution in [0.2, 0.25) is 0 Å². The summed E-state index contributed by atoms with van der Waals surface area (Å²) in [6, 6.07) is 13.1. The number of pyridine rings is 2. The van der Waals surface area contributed by atoms with Crippen molar-refractivity contribution in [3.8, 4) is 5.75 Å². The van der Waals surface area contributed by atoms with Crippen molar-refractivity contribution >= 4 is 34.1 Å². The van der Waals surface area contributed by atoms with E-state index in [4.69, 9.17) is 10.5 Å². The number of fused-ring (bicyclic) bond motifs is 2. The molecule has 3 heterocycles. The summed E-state index contributed by atoms with van der Waals surface area (Å²) in [6.45, 7) is 2.95. The van der Waals surface area contributed by atoms with Gasteiger partial charge in [-0.1, -0.05) is 6.07 Å². The number of carbonyl (C=O) groups is 2. The third kappa shape index (κ3) is 4.26. The molecule has 4 aromatic rings. The minimum atomic E-state index is -0.602. The predicted molar refractivity (Wildman–Crippen MR) is 134 cm³/mol. The van der Waals surface area contributed by atoms with Crippen LogP contribution in [0.5, 0.6) is 5.75 Å². The van der Waals surface area contributed by atoms with E-state index in [-0.39, 0.29) is 11.5 Å². The minimum absolute atomic E-state index is 0.142. The Bertz CT molecular complexity index is 1450. The van der Waals surface area contributed by atoms with Gasteiger partial charge in [-0.05, 0) is 54.4 Å². The number of benzene rings is 2. The number of nitrogens with two attached hydrogens (primary N) is 1. The van der Waals surface area contributed by atoms with Crippen LogP contribution in [-0.4, -0.2) is 40.3 Å². The fourth-order valence-electron chi connectivity index (χ4n) is 4.45. The van der Waals surface area contributed by atoms with Gasteiger partial charge < -0.3 is 20.7 Å². The van der Waals surface area contributed by atoms with Crippen LogP contribution in [0, 0.1) is 6.92 Å². The average Bonchev–Trinajstić information content (AvgIpc) is 3.34. The maximum atomic E-state index is 13.3. The molecule has 0 unspecified atom stereocenters. The Morgan fingerprint density at radius 2 is 1.97 bits per heavy atom. The van der Waals surface area contributed by atoms with E-state index >= 15 is 0 Å². The highest BCUT2D eigenvalue weighted by Crippen LogP contribution is 2.37. The molecule has 35 heavy (non-hydrogen) atoms. The largest absolute Gasteiger partial charge is 0.493 e. The summed E-state index contributed by atoms with van der Waals surface area (Å²) in [5.41, 5.74) is 11.4. The number of primary amides is 1. The molecule has 0 radical (unpaired) electrons. The second-order valence-corrected chi connectivity index (χ2v) is 8.62. The fraction of sp³-hybridized carbons (Fsp3) is 0.185. The first-order valence-electron chi connectivity index (χ1n) is 11.3. The topological polar surface area (TPSA) is 110 Å². The summed E-state index contributed by atoms with van der Waals surface area (Å²) in [5.74, 6) is 0.0740. The molecule has 0 saturated carbocycles. The number of hydrogen-bond donors (Lipinski definition) is 2. The van der Waals surface area contributed by atoms with E-state index < -0.39 is 5.91 Å². The highest BCUT2D eigenvalue weighted by atomic mass is 16.5. The van der Waals surface area contributed by atoms with Crippen molar-refractivity contribution in [2.24, 2.45) is 5.73 Å². The number of aryl methyl sites for hydroxylation is 1. The third-order valence-corrected chi connectivity index (χ3v) is 6.19. The number of rotatable bonds is 6. The zero-order chi connectivity index (χ0) is 24.5. The van der Waals surface area contributed by atoms with Gasteiger partial charge in [0, 0.05) is 60.8 Å². The Morgan fingerprint density at radius 1 is 1.17 bits per heavy atom. The Kier molecular flexibility index (Phi) is 5.78. The number of anilines is 2. The predicted octanol–water partition coefficient (Wildman–Crippen LogP) is 3.99. The Hall–Kier alpha value is -4.46. The van der Waals surface area contributed by atoms with Crippen molar-refractivity contribution in [3.63, 3.8) is 0 Å². The van der Waals surface area contributed by atoms with E-state index in [9.17, 15) is 9.59 Å². The van der Waals surface area contributed by atoms with Crippen molar-refractivity contribution in [1.29, 1.82) is 0 Å². The number of carbonyl (C=O) groups excluding carboxylic acids is 2. The zero-order valence-electron chi connectivity index (χ0n) is 19.5. The van der Waals surface area contributed by atoms with Crippen LogP contribution in [-0.2, 0) is 13.0 Å². The van der Waals surface area contributed by atoms with Crippen LogP contribution in [0.25, 0.3) is 10.9 Å². The van der Waals surface area contributed by atoms with Gasteiger partial charge in [0.2, 0.25) is 0 Å². The Morgan fingerprint density at radius 3 is 2.74 bits per heavy atom. The van der Waals surface area contributed by atoms with Crippen molar-refractivity contribution in [2.45, 2.75) is 19.9 Å². The number of nitrogens with zero attached hydrogens (tertiary/aromatic N) is 3. The molecule has 2 aromatic carbocycles. The summed E-state index contributed by atoms with van der Waals surface area (Å²) in [6.07, 6.45) is 5.65. The van der Waals surface area contributed by atoms with Crippen molar-refractivity contribution < 1.29 is 14.3 Å². The van der Waals surface area contributed by atoms with Gasteiger partial charge in [-0.3, -0.25) is 19.6 Å². The molecule has 0 bridgehead atoms. The number of amides is 2. The molecule has 2 aromatic heterocycles. The number of aromatic nitrogens is 2. The fourth-order valence-corrected chi connectivity index (χ4v) is 4.45. The first-order chi connectivity index (χ1) is 16.9. The first kappa shape index (κ1) is 22.3. The highest BCUT2D eigenvalue weighted by molar-refractivity contribution is 6.10. The smallest absolute Gasteiger partial charge is 0.253 e. The van der Waals surface area contributed by atoms with Crippen molar-refractivity contribution in [2.75, 3.05) is 19.0 Å². The quantitative estimate of drug-likeness (QED) is 0.444. The van der Waals surface area contributed by atoms with Gasteiger partial charge in [-0.2, -0.15) is 0 Å². The molecule has 0 aliphatic carbocycles. The summed E-state index contributed by atoms with van der Waals surface area (Å²) in [7, 11) is 1.76. The number of ether oxygens (including phenoxy) is 1. The van der Waals surface area contributed by atoms with Gasteiger partial charge >= 0.3 is 0 Å². The van der Waals surface area contributed by atoms with Gasteiger partial charge in [0.25, 0.3) is 11.8 Å². The summed E-state index contributed by atoms with van der Waals surface area (Å²) in [4.78, 5) is 35.9. The molecule has 2 amide bonds. The van der Waals surface area contributed by atoms with E-state index in [1.54, 1.807) is 30.4 Å². The second kappa shape index (κ2) is 9.06. The maximum absolute atomic E-state index is 13.3. The maximum Gasteiger partial charge on any atom is 0.253 e. The third-order valence-electron chi connectivity index (χ3n) is 6.19. The summed E-state index contributed by atoms with van der Waals surface area (Å²) >= 11 is 0. The van der Waals surface area contributed by atoms with Gasteiger partial charge in [-0.25, -0.2) is 0 Å². The molecule has 8 heteroatoms. The van der Waals surface area contributed by atoms with Crippen LogP contribution in [0.15, 0.2) is 61.1 Å². The van der Waals surface area contributed by atoms with E-state index in [1.165, 1.54) is 6.20 Å². The SMILES string of the molecule is Cc1cc(C(=O)N(C)Cc2ccncc2)cc2c(Nc3cccc4c3CCO4)c(C(N)=O)cnc12. The number of nitrogens with one attached hydrogen (secondary N) is 1. The molecular weight excluding hydrogens is 442 g/mol. The molecule has 1 aliphatic heterocycles. The molecule has 3 N–H and O–H groups in total. The summed E-state index contributed by atoms with van der Waals surface area (Å²) in [5, 5.41) is 4.06. The van der Waals surface area contributed by atoms with Gasteiger partial charge in [-0.15, -0.1) is 0 Å². The molecular formula is C27H25N5O3. The Balaban J connectivity index is 1.59. The molecule has 8 nitrogen and oxygen atoms in total. The van der Waals surface area contributed by atoms with Crippen LogP contribution in [0.1, 0.15) is 37.4 Å². The molecule has 176 valence electrons. The minimum Gasteiger partial charge on any atom is -0.493 e. The van der Waals surface area contributed by atoms with E-state index in [1.807, 2.05) is 43.3 Å². The summed E-state index contributed by atoms with van der Waals surface area (Å²) < 4.78 is 5.69. The van der Waals surface area contributed by atoms with E-state index in [2.05, 4.69) is 15.3 Å². The molecule has 0 saturated heterocycles. The Labute approximate surface area is 202 Å². The van der Waals surface area contributed by atoms with Crippen LogP contribution in [0.3, 0.4) is 0 Å².